The van der Waals surface area contributed by atoms with E-state index >= 15 is 0 Å². The molecular formula is C14H28O5Si. The Morgan fingerprint density at radius 3 is 2.45 bits per heavy atom. The summed E-state index contributed by atoms with van der Waals surface area (Å²) in [6.45, 7) is 13.2. The zero-order valence-electron chi connectivity index (χ0n) is 13.7. The normalized spacial score (nSPS) is 25.6. The molecule has 118 valence electrons. The lowest BCUT2D eigenvalue weighted by molar-refractivity contribution is -0.191. The smallest absolute Gasteiger partial charge is 0.334 e. The van der Waals surface area contributed by atoms with E-state index in [2.05, 4.69) is 38.6 Å². The minimum atomic E-state index is -1.87. The van der Waals surface area contributed by atoms with Gasteiger partial charge in [-0.1, -0.05) is 20.8 Å². The number of rotatable bonds is 5. The van der Waals surface area contributed by atoms with Crippen molar-refractivity contribution in [1.29, 1.82) is 0 Å². The van der Waals surface area contributed by atoms with E-state index in [1.807, 2.05) is 0 Å². The molecule has 0 aliphatic carbocycles. The third-order valence-corrected chi connectivity index (χ3v) is 8.62. The van der Waals surface area contributed by atoms with Crippen molar-refractivity contribution in [3.63, 3.8) is 0 Å². The van der Waals surface area contributed by atoms with Gasteiger partial charge in [0, 0.05) is 6.42 Å². The Morgan fingerprint density at radius 2 is 1.95 bits per heavy atom. The largest absolute Gasteiger partial charge is 0.467 e. The van der Waals surface area contributed by atoms with Gasteiger partial charge in [0.2, 0.25) is 0 Å². The van der Waals surface area contributed by atoms with E-state index in [0.717, 1.165) is 6.42 Å². The molecule has 1 fully saturated rings. The quantitative estimate of drug-likeness (QED) is 0.577. The highest BCUT2D eigenvalue weighted by atomic mass is 28.4. The van der Waals surface area contributed by atoms with E-state index in [9.17, 15) is 4.79 Å². The highest BCUT2D eigenvalue weighted by Gasteiger charge is 2.43. The second-order valence-corrected chi connectivity index (χ2v) is 11.5. The summed E-state index contributed by atoms with van der Waals surface area (Å²) in [5.74, 6) is -0.397. The van der Waals surface area contributed by atoms with Crippen LogP contribution in [0.15, 0.2) is 0 Å². The molecule has 1 aliphatic rings. The first-order chi connectivity index (χ1) is 9.08. The molecule has 0 saturated carbocycles. The predicted molar refractivity (Wildman–Crippen MR) is 79.0 cm³/mol. The minimum absolute atomic E-state index is 0.108. The standard InChI is InChI=1S/C14H28O5Si/c1-10(12(15)16-5)18-13-11(8-9-17-13)19-20(6,7)14(2,3)4/h10-11,13H,8-9H2,1-7H3/t10-,11-,13+/m0/s1. The Kier molecular flexibility index (Phi) is 5.77. The molecule has 1 heterocycles. The van der Waals surface area contributed by atoms with Crippen LogP contribution in [-0.4, -0.2) is 46.5 Å². The van der Waals surface area contributed by atoms with Gasteiger partial charge in [-0.25, -0.2) is 4.79 Å². The van der Waals surface area contributed by atoms with Crippen LogP contribution in [-0.2, 0) is 23.4 Å². The van der Waals surface area contributed by atoms with E-state index in [1.54, 1.807) is 6.92 Å². The monoisotopic (exact) mass is 304 g/mol. The van der Waals surface area contributed by atoms with Crippen LogP contribution in [0.1, 0.15) is 34.1 Å². The third-order valence-electron chi connectivity index (χ3n) is 4.11. The minimum Gasteiger partial charge on any atom is -0.467 e. The van der Waals surface area contributed by atoms with Crippen LogP contribution in [0.4, 0.5) is 0 Å². The van der Waals surface area contributed by atoms with Crippen molar-refractivity contribution in [2.75, 3.05) is 13.7 Å². The Labute approximate surface area is 123 Å². The molecule has 5 nitrogen and oxygen atoms in total. The van der Waals surface area contributed by atoms with Gasteiger partial charge in [-0.05, 0) is 25.1 Å². The summed E-state index contributed by atoms with van der Waals surface area (Å²) in [6, 6.07) is 0. The molecule has 3 atom stereocenters. The van der Waals surface area contributed by atoms with Crippen molar-refractivity contribution in [3.8, 4) is 0 Å². The van der Waals surface area contributed by atoms with Crippen molar-refractivity contribution in [2.45, 2.75) is 70.7 Å². The SMILES string of the molecule is COC(=O)[C@H](C)O[C@H]1OCC[C@@H]1O[Si](C)(C)C(C)(C)C. The van der Waals surface area contributed by atoms with Crippen LogP contribution in [0.3, 0.4) is 0 Å². The first-order valence-electron chi connectivity index (χ1n) is 7.11. The molecule has 1 saturated heterocycles. The predicted octanol–water partition coefficient (Wildman–Crippen LogP) is 2.70. The van der Waals surface area contributed by atoms with E-state index in [1.165, 1.54) is 7.11 Å². The zero-order valence-corrected chi connectivity index (χ0v) is 14.7. The molecule has 0 aromatic carbocycles. The van der Waals surface area contributed by atoms with Gasteiger partial charge in [-0.3, -0.25) is 0 Å². The average Bonchev–Trinajstić information content (AvgIpc) is 2.73. The van der Waals surface area contributed by atoms with Crippen molar-refractivity contribution in [3.05, 3.63) is 0 Å². The Balaban J connectivity index is 2.64. The van der Waals surface area contributed by atoms with Gasteiger partial charge in [0.25, 0.3) is 0 Å². The van der Waals surface area contributed by atoms with Gasteiger partial charge >= 0.3 is 5.97 Å². The summed E-state index contributed by atoms with van der Waals surface area (Å²) in [6.07, 6.45) is -0.444. The van der Waals surface area contributed by atoms with E-state index in [4.69, 9.17) is 13.9 Å². The first kappa shape index (κ1) is 17.6. The average molecular weight is 304 g/mol. The fraction of sp³-hybridized carbons (Fsp3) is 0.929. The number of ether oxygens (including phenoxy) is 3. The van der Waals surface area contributed by atoms with Crippen molar-refractivity contribution >= 4 is 14.3 Å². The first-order valence-corrected chi connectivity index (χ1v) is 10.0. The van der Waals surface area contributed by atoms with Crippen LogP contribution in [0.25, 0.3) is 0 Å². The molecule has 0 unspecified atom stereocenters. The molecular weight excluding hydrogens is 276 g/mol. The van der Waals surface area contributed by atoms with Crippen LogP contribution >= 0.6 is 0 Å². The molecule has 0 aromatic rings. The van der Waals surface area contributed by atoms with E-state index in [0.29, 0.717) is 6.61 Å². The molecule has 0 N–H and O–H groups in total. The Morgan fingerprint density at radius 1 is 1.35 bits per heavy atom. The molecule has 1 rings (SSSR count). The molecule has 0 aromatic heterocycles. The highest BCUT2D eigenvalue weighted by molar-refractivity contribution is 6.74. The fourth-order valence-corrected chi connectivity index (χ4v) is 3.10. The fourth-order valence-electron chi connectivity index (χ4n) is 1.76. The molecule has 20 heavy (non-hydrogen) atoms. The number of carbonyl (C=O) groups excluding carboxylic acids is 1. The number of hydrogen-bond donors (Lipinski definition) is 0. The maximum absolute atomic E-state index is 11.4. The molecule has 1 aliphatic heterocycles. The summed E-state index contributed by atoms with van der Waals surface area (Å²) >= 11 is 0. The second-order valence-electron chi connectivity index (χ2n) is 6.75. The van der Waals surface area contributed by atoms with Gasteiger partial charge < -0.3 is 18.6 Å². The van der Waals surface area contributed by atoms with Crippen molar-refractivity contribution in [2.24, 2.45) is 0 Å². The number of hydrogen-bond acceptors (Lipinski definition) is 5. The maximum Gasteiger partial charge on any atom is 0.334 e. The lowest BCUT2D eigenvalue weighted by atomic mass is 10.2. The summed E-state index contributed by atoms with van der Waals surface area (Å²) < 4.78 is 22.2. The molecule has 0 spiro atoms. The van der Waals surface area contributed by atoms with Crippen LogP contribution in [0.2, 0.25) is 18.1 Å². The molecule has 0 radical (unpaired) electrons. The van der Waals surface area contributed by atoms with Gasteiger partial charge in [-0.15, -0.1) is 0 Å². The Hall–Kier alpha value is -0.433. The van der Waals surface area contributed by atoms with Gasteiger partial charge in [0.05, 0.1) is 19.8 Å². The molecule has 0 amide bonds. The van der Waals surface area contributed by atoms with Gasteiger partial charge in [0.15, 0.2) is 20.7 Å². The topological polar surface area (TPSA) is 54.0 Å². The Bertz CT molecular complexity index is 337. The summed E-state index contributed by atoms with van der Waals surface area (Å²) in [5.41, 5.74) is 0. The number of esters is 1. The van der Waals surface area contributed by atoms with Crippen molar-refractivity contribution in [1.82, 2.24) is 0 Å². The van der Waals surface area contributed by atoms with Crippen LogP contribution in [0, 0.1) is 0 Å². The van der Waals surface area contributed by atoms with E-state index < -0.39 is 26.7 Å². The number of methoxy groups -OCH3 is 1. The zero-order chi connectivity index (χ0) is 15.6. The lowest BCUT2D eigenvalue weighted by Gasteiger charge is -2.39. The molecule has 6 heteroatoms. The van der Waals surface area contributed by atoms with Crippen LogP contribution in [0.5, 0.6) is 0 Å². The maximum atomic E-state index is 11.4. The summed E-state index contributed by atoms with van der Waals surface area (Å²) in [7, 11) is -0.526. The summed E-state index contributed by atoms with van der Waals surface area (Å²) in [5, 5.41) is 0.133. The lowest BCUT2D eigenvalue weighted by Crippen LogP contribution is -2.47. The van der Waals surface area contributed by atoms with Crippen molar-refractivity contribution < 1.29 is 23.4 Å². The number of carbonyl (C=O) groups is 1. The van der Waals surface area contributed by atoms with Gasteiger partial charge in [0.1, 0.15) is 0 Å². The summed E-state index contributed by atoms with van der Waals surface area (Å²) in [4.78, 5) is 11.4. The third kappa shape index (κ3) is 4.28. The highest BCUT2D eigenvalue weighted by Crippen LogP contribution is 2.39. The molecule has 0 bridgehead atoms. The van der Waals surface area contributed by atoms with Gasteiger partial charge in [-0.2, -0.15) is 0 Å². The van der Waals surface area contributed by atoms with Crippen LogP contribution < -0.4 is 0 Å². The second kappa shape index (κ2) is 6.55. The van der Waals surface area contributed by atoms with E-state index in [-0.39, 0.29) is 11.1 Å².